The van der Waals surface area contributed by atoms with E-state index < -0.39 is 10.7 Å². The van der Waals surface area contributed by atoms with Crippen LogP contribution in [0.5, 0.6) is 11.5 Å². The van der Waals surface area contributed by atoms with Crippen molar-refractivity contribution in [1.29, 1.82) is 5.26 Å². The van der Waals surface area contributed by atoms with Gasteiger partial charge in [0.1, 0.15) is 28.9 Å². The number of ether oxygens (including phenoxy) is 1. The smallest absolute Gasteiger partial charge is 0.271 e. The van der Waals surface area contributed by atoms with E-state index in [1.807, 2.05) is 6.07 Å². The van der Waals surface area contributed by atoms with Crippen LogP contribution in [0.1, 0.15) is 5.56 Å². The third-order valence-corrected chi connectivity index (χ3v) is 3.03. The normalized spacial score (nSPS) is 9.85. The van der Waals surface area contributed by atoms with Gasteiger partial charge in [0.2, 0.25) is 0 Å². The molecule has 5 nitrogen and oxygen atoms in total. The molecule has 0 radical (unpaired) electrons. The van der Waals surface area contributed by atoms with E-state index in [0.29, 0.717) is 10.2 Å². The fourth-order valence-corrected chi connectivity index (χ4v) is 1.92. The molecule has 2 rings (SSSR count). The zero-order valence-electron chi connectivity index (χ0n) is 9.84. The van der Waals surface area contributed by atoms with Gasteiger partial charge in [-0.05, 0) is 40.2 Å². The van der Waals surface area contributed by atoms with E-state index in [0.717, 1.165) is 6.07 Å². The van der Waals surface area contributed by atoms with Crippen LogP contribution >= 0.6 is 15.9 Å². The van der Waals surface area contributed by atoms with Crippen molar-refractivity contribution in [1.82, 2.24) is 0 Å². The van der Waals surface area contributed by atoms with Crippen LogP contribution in [-0.4, -0.2) is 4.92 Å². The van der Waals surface area contributed by atoms with Crippen LogP contribution < -0.4 is 4.74 Å². The first kappa shape index (κ1) is 14.0. The average Bonchev–Trinajstić information content (AvgIpc) is 2.42. The van der Waals surface area contributed by atoms with E-state index in [1.54, 1.807) is 0 Å². The zero-order chi connectivity index (χ0) is 14.7. The van der Waals surface area contributed by atoms with Crippen LogP contribution in [0, 0.1) is 27.3 Å². The molecule has 2 aromatic carbocycles. The van der Waals surface area contributed by atoms with Gasteiger partial charge in [-0.25, -0.2) is 4.39 Å². The Morgan fingerprint density at radius 2 is 1.95 bits per heavy atom. The van der Waals surface area contributed by atoms with Gasteiger partial charge in [-0.2, -0.15) is 5.26 Å². The lowest BCUT2D eigenvalue weighted by molar-refractivity contribution is -0.384. The Morgan fingerprint density at radius 3 is 2.55 bits per heavy atom. The molecule has 0 atom stereocenters. The van der Waals surface area contributed by atoms with Crippen molar-refractivity contribution < 1.29 is 14.1 Å². The van der Waals surface area contributed by atoms with Crippen molar-refractivity contribution in [3.63, 3.8) is 0 Å². The molecule has 0 unspecified atom stereocenters. The molecule has 0 aliphatic heterocycles. The quantitative estimate of drug-likeness (QED) is 0.622. The number of hydrogen-bond acceptors (Lipinski definition) is 4. The number of nitriles is 1. The van der Waals surface area contributed by atoms with Gasteiger partial charge in [-0.15, -0.1) is 0 Å². The summed E-state index contributed by atoms with van der Waals surface area (Å²) in [5, 5.41) is 19.6. The molecule has 0 saturated carbocycles. The number of rotatable bonds is 3. The van der Waals surface area contributed by atoms with Gasteiger partial charge in [-0.3, -0.25) is 10.1 Å². The van der Waals surface area contributed by atoms with E-state index in [4.69, 9.17) is 10.00 Å². The molecule has 0 aromatic heterocycles. The topological polar surface area (TPSA) is 76.2 Å². The molecule has 0 aliphatic rings. The second-order valence-electron chi connectivity index (χ2n) is 3.73. The van der Waals surface area contributed by atoms with Crippen LogP contribution in [0.25, 0.3) is 0 Å². The van der Waals surface area contributed by atoms with E-state index in [9.17, 15) is 14.5 Å². The van der Waals surface area contributed by atoms with E-state index >= 15 is 0 Å². The number of halogens is 2. The summed E-state index contributed by atoms with van der Waals surface area (Å²) < 4.78 is 18.8. The molecule has 0 heterocycles. The molecule has 7 heteroatoms. The maximum atomic E-state index is 13.0. The van der Waals surface area contributed by atoms with Gasteiger partial charge >= 0.3 is 0 Å². The first-order chi connectivity index (χ1) is 9.51. The Bertz CT molecular complexity index is 728. The Hall–Kier alpha value is -2.46. The van der Waals surface area contributed by atoms with E-state index in [-0.39, 0.29) is 17.0 Å². The van der Waals surface area contributed by atoms with Crippen molar-refractivity contribution in [2.75, 3.05) is 0 Å². The molecule has 0 aliphatic carbocycles. The lowest BCUT2D eigenvalue weighted by Crippen LogP contribution is -1.93. The molecule has 0 bridgehead atoms. The lowest BCUT2D eigenvalue weighted by Gasteiger charge is -2.09. The lowest BCUT2D eigenvalue weighted by atomic mass is 10.2. The van der Waals surface area contributed by atoms with Crippen molar-refractivity contribution in [3.05, 3.63) is 62.4 Å². The number of hydrogen-bond donors (Lipinski definition) is 0. The van der Waals surface area contributed by atoms with Gasteiger partial charge in [0.25, 0.3) is 5.69 Å². The molecule has 0 N–H and O–H groups in total. The predicted molar refractivity (Wildman–Crippen MR) is 72.0 cm³/mol. The first-order valence-electron chi connectivity index (χ1n) is 5.32. The minimum Gasteiger partial charge on any atom is -0.455 e. The Morgan fingerprint density at radius 1 is 1.25 bits per heavy atom. The fourth-order valence-electron chi connectivity index (χ4n) is 1.48. The molecular formula is C13H6BrFN2O3. The predicted octanol–water partition coefficient (Wildman–Crippen LogP) is 4.16. The molecule has 0 spiro atoms. The van der Waals surface area contributed by atoms with E-state index in [2.05, 4.69) is 15.9 Å². The third-order valence-electron chi connectivity index (χ3n) is 2.41. The summed E-state index contributed by atoms with van der Waals surface area (Å²) in [4.78, 5) is 10.0. The highest BCUT2D eigenvalue weighted by Crippen LogP contribution is 2.33. The van der Waals surface area contributed by atoms with Crippen molar-refractivity contribution in [2.45, 2.75) is 0 Å². The summed E-state index contributed by atoms with van der Waals surface area (Å²) in [6.45, 7) is 0. The van der Waals surface area contributed by atoms with Crippen molar-refractivity contribution in [2.24, 2.45) is 0 Å². The number of nitrogens with zero attached hydrogens (tertiary/aromatic N) is 2. The van der Waals surface area contributed by atoms with Gasteiger partial charge in [0, 0.05) is 12.1 Å². The largest absolute Gasteiger partial charge is 0.455 e. The van der Waals surface area contributed by atoms with Gasteiger partial charge < -0.3 is 4.74 Å². The van der Waals surface area contributed by atoms with Crippen LogP contribution in [0.2, 0.25) is 0 Å². The molecule has 2 aromatic rings. The standard InChI is InChI=1S/C13H6BrFN2O3/c14-11-6-9(15)1-3-13(11)20-12-4-2-10(17(18)19)5-8(12)7-16/h1-6H. The summed E-state index contributed by atoms with van der Waals surface area (Å²) in [5.74, 6) is 0.0237. The van der Waals surface area contributed by atoms with Crippen LogP contribution in [0.3, 0.4) is 0 Å². The molecule has 0 fully saturated rings. The summed E-state index contributed by atoms with van der Waals surface area (Å²) in [7, 11) is 0. The van der Waals surface area contributed by atoms with Gasteiger partial charge in [0.15, 0.2) is 0 Å². The highest BCUT2D eigenvalue weighted by molar-refractivity contribution is 9.10. The first-order valence-corrected chi connectivity index (χ1v) is 6.12. The number of benzene rings is 2. The van der Waals surface area contributed by atoms with Gasteiger partial charge in [-0.1, -0.05) is 0 Å². The molecule has 100 valence electrons. The zero-order valence-corrected chi connectivity index (χ0v) is 11.4. The summed E-state index contributed by atoms with van der Waals surface area (Å²) >= 11 is 3.13. The van der Waals surface area contributed by atoms with E-state index in [1.165, 1.54) is 30.3 Å². The SMILES string of the molecule is N#Cc1cc([N+](=O)[O-])ccc1Oc1ccc(F)cc1Br. The second kappa shape index (κ2) is 5.67. The summed E-state index contributed by atoms with van der Waals surface area (Å²) in [5.41, 5.74) is -0.178. The maximum absolute atomic E-state index is 13.0. The third kappa shape index (κ3) is 2.92. The van der Waals surface area contributed by atoms with Crippen molar-refractivity contribution in [3.8, 4) is 17.6 Å². The Kier molecular flexibility index (Phi) is 3.96. The Balaban J connectivity index is 2.39. The van der Waals surface area contributed by atoms with Crippen molar-refractivity contribution >= 4 is 21.6 Å². The number of non-ortho nitro benzene ring substituents is 1. The maximum Gasteiger partial charge on any atom is 0.271 e. The molecule has 0 saturated heterocycles. The number of nitro benzene ring substituents is 1. The average molecular weight is 337 g/mol. The second-order valence-corrected chi connectivity index (χ2v) is 4.58. The molecular weight excluding hydrogens is 331 g/mol. The van der Waals surface area contributed by atoms with Crippen LogP contribution in [0.4, 0.5) is 10.1 Å². The minimum atomic E-state index is -0.599. The summed E-state index contributed by atoms with van der Waals surface area (Å²) in [6.07, 6.45) is 0. The highest BCUT2D eigenvalue weighted by atomic mass is 79.9. The van der Waals surface area contributed by atoms with Gasteiger partial charge in [0.05, 0.1) is 9.40 Å². The highest BCUT2D eigenvalue weighted by Gasteiger charge is 2.13. The monoisotopic (exact) mass is 336 g/mol. The minimum absolute atomic E-state index is 0.0235. The Labute approximate surface area is 121 Å². The van der Waals surface area contributed by atoms with Crippen LogP contribution in [-0.2, 0) is 0 Å². The van der Waals surface area contributed by atoms with Crippen LogP contribution in [0.15, 0.2) is 40.9 Å². The molecule has 0 amide bonds. The number of nitro groups is 1. The fraction of sp³-hybridized carbons (Fsp3) is 0. The molecule has 20 heavy (non-hydrogen) atoms. The summed E-state index contributed by atoms with van der Waals surface area (Å²) in [6, 6.07) is 9.31.